The standard InChI is InChI=1S/C14H13FN4S/c1-2-16-14-18-12(9-7-8-20-13(9)19-14)17-11-6-4-3-5-10(11)15/h3-8H,2H2,1H3,(H2,16,17,18,19). The molecule has 4 nitrogen and oxygen atoms in total. The number of thiophene rings is 1. The quantitative estimate of drug-likeness (QED) is 0.761. The molecule has 20 heavy (non-hydrogen) atoms. The van der Waals surface area contributed by atoms with Gasteiger partial charge in [0.15, 0.2) is 0 Å². The Hall–Kier alpha value is -2.21. The molecule has 3 aromatic rings. The molecule has 0 amide bonds. The lowest BCUT2D eigenvalue weighted by atomic mass is 10.3. The Kier molecular flexibility index (Phi) is 3.47. The Morgan fingerprint density at radius 2 is 2.05 bits per heavy atom. The van der Waals surface area contributed by atoms with Gasteiger partial charge in [-0.2, -0.15) is 4.98 Å². The summed E-state index contributed by atoms with van der Waals surface area (Å²) in [5, 5.41) is 8.96. The van der Waals surface area contributed by atoms with Crippen molar-refractivity contribution in [2.45, 2.75) is 6.92 Å². The zero-order valence-corrected chi connectivity index (χ0v) is 11.7. The summed E-state index contributed by atoms with van der Waals surface area (Å²) < 4.78 is 13.7. The molecule has 0 radical (unpaired) electrons. The van der Waals surface area contributed by atoms with E-state index in [4.69, 9.17) is 0 Å². The van der Waals surface area contributed by atoms with Crippen molar-refractivity contribution in [3.8, 4) is 0 Å². The van der Waals surface area contributed by atoms with E-state index in [1.54, 1.807) is 18.2 Å². The van der Waals surface area contributed by atoms with Crippen LogP contribution in [-0.4, -0.2) is 16.5 Å². The molecule has 0 aliphatic carbocycles. The molecule has 0 spiro atoms. The lowest BCUT2D eigenvalue weighted by molar-refractivity contribution is 0.632. The second kappa shape index (κ2) is 5.42. The van der Waals surface area contributed by atoms with Crippen LogP contribution in [0.15, 0.2) is 35.7 Å². The molecule has 2 heterocycles. The van der Waals surface area contributed by atoms with E-state index < -0.39 is 0 Å². The van der Waals surface area contributed by atoms with E-state index in [9.17, 15) is 4.39 Å². The Morgan fingerprint density at radius 1 is 1.20 bits per heavy atom. The van der Waals surface area contributed by atoms with Crippen molar-refractivity contribution in [3.05, 3.63) is 41.5 Å². The zero-order chi connectivity index (χ0) is 13.9. The van der Waals surface area contributed by atoms with Crippen LogP contribution in [0.2, 0.25) is 0 Å². The Morgan fingerprint density at radius 3 is 2.85 bits per heavy atom. The number of nitrogens with one attached hydrogen (secondary N) is 2. The van der Waals surface area contributed by atoms with Gasteiger partial charge in [0.1, 0.15) is 16.5 Å². The van der Waals surface area contributed by atoms with E-state index in [-0.39, 0.29) is 5.82 Å². The largest absolute Gasteiger partial charge is 0.354 e. The predicted molar refractivity (Wildman–Crippen MR) is 81.3 cm³/mol. The Balaban J connectivity index is 2.05. The highest BCUT2D eigenvalue weighted by atomic mass is 32.1. The number of benzene rings is 1. The van der Waals surface area contributed by atoms with Gasteiger partial charge in [-0.3, -0.25) is 0 Å². The van der Waals surface area contributed by atoms with Gasteiger partial charge in [-0.05, 0) is 30.5 Å². The fraction of sp³-hybridized carbons (Fsp3) is 0.143. The van der Waals surface area contributed by atoms with Crippen LogP contribution in [0.1, 0.15) is 6.92 Å². The second-order valence-electron chi connectivity index (χ2n) is 4.17. The maximum absolute atomic E-state index is 13.7. The molecule has 0 bridgehead atoms. The van der Waals surface area contributed by atoms with Crippen LogP contribution < -0.4 is 10.6 Å². The summed E-state index contributed by atoms with van der Waals surface area (Å²) >= 11 is 1.53. The Bertz CT molecular complexity index is 741. The van der Waals surface area contributed by atoms with E-state index in [1.165, 1.54) is 17.4 Å². The molecule has 2 aromatic heterocycles. The minimum Gasteiger partial charge on any atom is -0.354 e. The topological polar surface area (TPSA) is 49.8 Å². The number of halogens is 1. The van der Waals surface area contributed by atoms with Gasteiger partial charge in [-0.15, -0.1) is 11.3 Å². The number of anilines is 3. The summed E-state index contributed by atoms with van der Waals surface area (Å²) in [6, 6.07) is 8.47. The van der Waals surface area contributed by atoms with Crippen molar-refractivity contribution in [3.63, 3.8) is 0 Å². The van der Waals surface area contributed by atoms with Crippen LogP contribution in [0, 0.1) is 5.82 Å². The fourth-order valence-corrected chi connectivity index (χ4v) is 2.64. The maximum atomic E-state index is 13.7. The molecule has 1 aromatic carbocycles. The van der Waals surface area contributed by atoms with Gasteiger partial charge < -0.3 is 10.6 Å². The fourth-order valence-electron chi connectivity index (χ4n) is 1.88. The van der Waals surface area contributed by atoms with Crippen LogP contribution in [0.25, 0.3) is 10.2 Å². The molecule has 0 aliphatic rings. The van der Waals surface area contributed by atoms with Crippen molar-refractivity contribution < 1.29 is 4.39 Å². The van der Waals surface area contributed by atoms with Gasteiger partial charge in [0.25, 0.3) is 0 Å². The number of aromatic nitrogens is 2. The van der Waals surface area contributed by atoms with Crippen LogP contribution in [0.4, 0.5) is 21.8 Å². The molecule has 102 valence electrons. The average molecular weight is 288 g/mol. The molecule has 0 aliphatic heterocycles. The van der Waals surface area contributed by atoms with Crippen LogP contribution in [0.3, 0.4) is 0 Å². The van der Waals surface area contributed by atoms with E-state index in [2.05, 4.69) is 20.6 Å². The third-order valence-corrected chi connectivity index (χ3v) is 3.59. The SMILES string of the molecule is CCNc1nc(Nc2ccccc2F)c2ccsc2n1. The van der Waals surface area contributed by atoms with Gasteiger partial charge in [0, 0.05) is 6.54 Å². The van der Waals surface area contributed by atoms with Crippen molar-refractivity contribution in [1.82, 2.24) is 9.97 Å². The van der Waals surface area contributed by atoms with E-state index >= 15 is 0 Å². The smallest absolute Gasteiger partial charge is 0.226 e. The summed E-state index contributed by atoms with van der Waals surface area (Å²) in [6.45, 7) is 2.71. The highest BCUT2D eigenvalue weighted by molar-refractivity contribution is 7.16. The molecule has 2 N–H and O–H groups in total. The third kappa shape index (κ3) is 2.42. The zero-order valence-electron chi connectivity index (χ0n) is 10.9. The van der Waals surface area contributed by atoms with Gasteiger partial charge in [0.05, 0.1) is 11.1 Å². The normalized spacial score (nSPS) is 10.7. The van der Waals surface area contributed by atoms with Crippen LogP contribution in [-0.2, 0) is 0 Å². The minimum absolute atomic E-state index is 0.306. The van der Waals surface area contributed by atoms with Crippen LogP contribution in [0.5, 0.6) is 0 Å². The van der Waals surface area contributed by atoms with Crippen molar-refractivity contribution in [2.24, 2.45) is 0 Å². The summed E-state index contributed by atoms with van der Waals surface area (Å²) in [5.41, 5.74) is 0.404. The first kappa shape index (κ1) is 12.8. The first-order valence-electron chi connectivity index (χ1n) is 6.28. The molecule has 0 atom stereocenters. The number of hydrogen-bond donors (Lipinski definition) is 2. The van der Waals surface area contributed by atoms with E-state index in [0.717, 1.165) is 16.8 Å². The van der Waals surface area contributed by atoms with Gasteiger partial charge in [-0.25, -0.2) is 9.37 Å². The van der Waals surface area contributed by atoms with Crippen molar-refractivity contribution in [2.75, 3.05) is 17.2 Å². The highest BCUT2D eigenvalue weighted by Crippen LogP contribution is 2.29. The molecule has 0 saturated carbocycles. The molecule has 0 fully saturated rings. The Labute approximate surface area is 119 Å². The predicted octanol–water partition coefficient (Wildman–Crippen LogP) is 4.01. The molecule has 0 unspecified atom stereocenters. The molecule has 0 saturated heterocycles. The molecule has 3 rings (SSSR count). The summed E-state index contributed by atoms with van der Waals surface area (Å²) in [6.07, 6.45) is 0. The molecular formula is C14H13FN4S. The van der Waals surface area contributed by atoms with E-state index in [0.29, 0.717) is 17.5 Å². The summed E-state index contributed by atoms with van der Waals surface area (Å²) in [5.74, 6) is 0.845. The monoisotopic (exact) mass is 288 g/mol. The third-order valence-electron chi connectivity index (χ3n) is 2.79. The highest BCUT2D eigenvalue weighted by Gasteiger charge is 2.10. The first-order valence-corrected chi connectivity index (χ1v) is 7.16. The summed E-state index contributed by atoms with van der Waals surface area (Å²) in [7, 11) is 0. The van der Waals surface area contributed by atoms with Gasteiger partial charge >= 0.3 is 0 Å². The number of nitrogens with zero attached hydrogens (tertiary/aromatic N) is 2. The lowest BCUT2D eigenvalue weighted by Crippen LogP contribution is -2.04. The number of hydrogen-bond acceptors (Lipinski definition) is 5. The van der Waals surface area contributed by atoms with E-state index in [1.807, 2.05) is 18.4 Å². The molecule has 6 heteroatoms. The van der Waals surface area contributed by atoms with Crippen LogP contribution >= 0.6 is 11.3 Å². The lowest BCUT2D eigenvalue weighted by Gasteiger charge is -2.09. The average Bonchev–Trinajstić information content (AvgIpc) is 2.90. The maximum Gasteiger partial charge on any atom is 0.226 e. The second-order valence-corrected chi connectivity index (χ2v) is 5.06. The number of para-hydroxylation sites is 1. The minimum atomic E-state index is -0.306. The molecular weight excluding hydrogens is 275 g/mol. The number of rotatable bonds is 4. The summed E-state index contributed by atoms with van der Waals surface area (Å²) in [4.78, 5) is 9.69. The van der Waals surface area contributed by atoms with Gasteiger partial charge in [-0.1, -0.05) is 12.1 Å². The van der Waals surface area contributed by atoms with Gasteiger partial charge in [0.2, 0.25) is 5.95 Å². The van der Waals surface area contributed by atoms with Crippen molar-refractivity contribution >= 4 is 39.0 Å². The first-order chi connectivity index (χ1) is 9.78. The van der Waals surface area contributed by atoms with Crippen molar-refractivity contribution in [1.29, 1.82) is 0 Å². The number of fused-ring (bicyclic) bond motifs is 1.